The van der Waals surface area contributed by atoms with Crippen molar-refractivity contribution in [2.75, 3.05) is 7.05 Å². The molecule has 0 unspecified atom stereocenters. The second-order valence-electron chi connectivity index (χ2n) is 2.71. The fraction of sp³-hybridized carbons (Fsp3) is 0.154. The molecular formula is C13H17NO. The summed E-state index contributed by atoms with van der Waals surface area (Å²) in [7, 11) is 1.62. The number of amides is 1. The molecule has 15 heavy (non-hydrogen) atoms. The van der Waals surface area contributed by atoms with Crippen LogP contribution >= 0.6 is 0 Å². The van der Waals surface area contributed by atoms with Crippen molar-refractivity contribution in [1.82, 2.24) is 5.32 Å². The van der Waals surface area contributed by atoms with Crippen LogP contribution in [0.4, 0.5) is 0 Å². The zero-order valence-electron chi connectivity index (χ0n) is 9.23. The summed E-state index contributed by atoms with van der Waals surface area (Å²) in [5.41, 5.74) is 0.699. The van der Waals surface area contributed by atoms with Crippen LogP contribution < -0.4 is 5.32 Å². The van der Waals surface area contributed by atoms with Gasteiger partial charge in [-0.25, -0.2) is 0 Å². The summed E-state index contributed by atoms with van der Waals surface area (Å²) >= 11 is 0. The molecule has 1 amide bonds. The Morgan fingerprint density at radius 1 is 1.33 bits per heavy atom. The minimum Gasteiger partial charge on any atom is -0.355 e. The molecule has 0 fully saturated rings. The van der Waals surface area contributed by atoms with Crippen molar-refractivity contribution < 1.29 is 4.79 Å². The molecule has 0 bridgehead atoms. The zero-order chi connectivity index (χ0) is 11.5. The van der Waals surface area contributed by atoms with Crippen molar-refractivity contribution in [3.8, 4) is 0 Å². The second-order valence-corrected chi connectivity index (χ2v) is 2.71. The van der Waals surface area contributed by atoms with Gasteiger partial charge in [-0.2, -0.15) is 0 Å². The molecule has 0 aliphatic heterocycles. The first kappa shape index (κ1) is 13.2. The van der Waals surface area contributed by atoms with Crippen LogP contribution in [-0.4, -0.2) is 13.0 Å². The van der Waals surface area contributed by atoms with E-state index < -0.39 is 0 Å². The Bertz CT molecular complexity index is 315. The highest BCUT2D eigenvalue weighted by Gasteiger charge is 1.97. The number of hydrogen-bond donors (Lipinski definition) is 1. The van der Waals surface area contributed by atoms with Gasteiger partial charge >= 0.3 is 0 Å². The number of nitrogens with one attached hydrogen (secondary N) is 1. The van der Waals surface area contributed by atoms with E-state index in [-0.39, 0.29) is 5.91 Å². The van der Waals surface area contributed by atoms with E-state index in [0.29, 0.717) is 5.56 Å². The third-order valence-corrected chi connectivity index (χ3v) is 1.59. The SMILES string of the molecule is C=C/C=C\C.CNC(=O)c1ccccc1. The normalized spacial score (nSPS) is 8.93. The number of hydrogen-bond acceptors (Lipinski definition) is 1. The molecular weight excluding hydrogens is 186 g/mol. The maximum Gasteiger partial charge on any atom is 0.251 e. The molecule has 0 saturated carbocycles. The average molecular weight is 203 g/mol. The predicted octanol–water partition coefficient (Wildman–Crippen LogP) is 2.79. The Labute approximate surface area is 91.3 Å². The van der Waals surface area contributed by atoms with Gasteiger partial charge in [0.05, 0.1) is 0 Å². The first-order valence-electron chi connectivity index (χ1n) is 4.77. The summed E-state index contributed by atoms with van der Waals surface area (Å²) in [6.45, 7) is 5.42. The summed E-state index contributed by atoms with van der Waals surface area (Å²) < 4.78 is 0. The molecule has 0 heterocycles. The van der Waals surface area contributed by atoms with Crippen molar-refractivity contribution in [3.63, 3.8) is 0 Å². The van der Waals surface area contributed by atoms with E-state index in [0.717, 1.165) is 0 Å². The Morgan fingerprint density at radius 2 is 1.93 bits per heavy atom. The van der Waals surface area contributed by atoms with E-state index in [4.69, 9.17) is 0 Å². The molecule has 1 N–H and O–H groups in total. The van der Waals surface area contributed by atoms with Gasteiger partial charge in [-0.15, -0.1) is 0 Å². The molecule has 0 aromatic heterocycles. The van der Waals surface area contributed by atoms with Crippen molar-refractivity contribution >= 4 is 5.91 Å². The minimum absolute atomic E-state index is 0.0411. The lowest BCUT2D eigenvalue weighted by Gasteiger charge is -1.96. The largest absolute Gasteiger partial charge is 0.355 e. The lowest BCUT2D eigenvalue weighted by molar-refractivity contribution is 0.0963. The van der Waals surface area contributed by atoms with Crippen molar-refractivity contribution in [3.05, 3.63) is 60.7 Å². The smallest absolute Gasteiger partial charge is 0.251 e. The van der Waals surface area contributed by atoms with Crippen LogP contribution in [0.5, 0.6) is 0 Å². The minimum atomic E-state index is -0.0411. The summed E-state index contributed by atoms with van der Waals surface area (Å²) in [4.78, 5) is 10.9. The van der Waals surface area contributed by atoms with Gasteiger partial charge in [0.25, 0.3) is 5.91 Å². The van der Waals surface area contributed by atoms with Gasteiger partial charge in [-0.3, -0.25) is 4.79 Å². The van der Waals surface area contributed by atoms with E-state index in [1.807, 2.05) is 37.3 Å². The number of carbonyl (C=O) groups excluding carboxylic acids is 1. The Hall–Kier alpha value is -1.83. The van der Waals surface area contributed by atoms with Crippen LogP contribution in [-0.2, 0) is 0 Å². The molecule has 0 aliphatic carbocycles. The lowest BCUT2D eigenvalue weighted by atomic mass is 10.2. The molecule has 1 aromatic rings. The summed E-state index contributed by atoms with van der Waals surface area (Å²) in [6.07, 6.45) is 5.58. The highest BCUT2D eigenvalue weighted by Crippen LogP contribution is 1.96. The van der Waals surface area contributed by atoms with Crippen LogP contribution in [0.15, 0.2) is 55.1 Å². The van der Waals surface area contributed by atoms with Gasteiger partial charge in [0.1, 0.15) is 0 Å². The molecule has 0 spiro atoms. The molecule has 1 rings (SSSR count). The summed E-state index contributed by atoms with van der Waals surface area (Å²) in [6, 6.07) is 9.11. The lowest BCUT2D eigenvalue weighted by Crippen LogP contribution is -2.17. The molecule has 2 heteroatoms. The van der Waals surface area contributed by atoms with E-state index in [1.165, 1.54) is 0 Å². The maximum atomic E-state index is 10.9. The quantitative estimate of drug-likeness (QED) is 0.736. The monoisotopic (exact) mass is 203 g/mol. The van der Waals surface area contributed by atoms with Gasteiger partial charge in [0, 0.05) is 12.6 Å². The predicted molar refractivity (Wildman–Crippen MR) is 64.8 cm³/mol. The summed E-state index contributed by atoms with van der Waals surface area (Å²) in [5, 5.41) is 2.54. The second kappa shape index (κ2) is 8.75. The number of rotatable bonds is 2. The van der Waals surface area contributed by atoms with E-state index in [1.54, 1.807) is 25.3 Å². The van der Waals surface area contributed by atoms with Crippen molar-refractivity contribution in [1.29, 1.82) is 0 Å². The van der Waals surface area contributed by atoms with Crippen LogP contribution in [0.3, 0.4) is 0 Å². The fourth-order valence-electron chi connectivity index (χ4n) is 0.870. The fourth-order valence-corrected chi connectivity index (χ4v) is 0.870. The van der Waals surface area contributed by atoms with Gasteiger partial charge < -0.3 is 5.32 Å². The first-order chi connectivity index (χ1) is 7.26. The van der Waals surface area contributed by atoms with Crippen molar-refractivity contribution in [2.24, 2.45) is 0 Å². The van der Waals surface area contributed by atoms with Crippen LogP contribution in [0.1, 0.15) is 17.3 Å². The third-order valence-electron chi connectivity index (χ3n) is 1.59. The average Bonchev–Trinajstić information content (AvgIpc) is 2.31. The van der Waals surface area contributed by atoms with Crippen LogP contribution in [0.2, 0.25) is 0 Å². The summed E-state index contributed by atoms with van der Waals surface area (Å²) in [5.74, 6) is -0.0411. The third kappa shape index (κ3) is 6.27. The first-order valence-corrected chi connectivity index (χ1v) is 4.77. The Kier molecular flexibility index (Phi) is 7.69. The van der Waals surface area contributed by atoms with Gasteiger partial charge in [0.2, 0.25) is 0 Å². The van der Waals surface area contributed by atoms with E-state index in [9.17, 15) is 4.79 Å². The standard InChI is InChI=1S/C8H9NO.C5H8/c1-9-8(10)7-5-3-2-4-6-7;1-3-5-4-2/h2-6H,1H3,(H,9,10);3-5H,1H2,2H3/b;5-4-. The van der Waals surface area contributed by atoms with Crippen LogP contribution in [0.25, 0.3) is 0 Å². The molecule has 0 aliphatic rings. The molecule has 0 saturated heterocycles. The highest BCUT2D eigenvalue weighted by molar-refractivity contribution is 5.93. The zero-order valence-corrected chi connectivity index (χ0v) is 9.23. The van der Waals surface area contributed by atoms with Gasteiger partial charge in [0.15, 0.2) is 0 Å². The van der Waals surface area contributed by atoms with Gasteiger partial charge in [-0.05, 0) is 19.1 Å². The Morgan fingerprint density at radius 3 is 2.27 bits per heavy atom. The van der Waals surface area contributed by atoms with Crippen LogP contribution in [0, 0.1) is 0 Å². The highest BCUT2D eigenvalue weighted by atomic mass is 16.1. The molecule has 0 radical (unpaired) electrons. The van der Waals surface area contributed by atoms with Crippen molar-refractivity contribution in [2.45, 2.75) is 6.92 Å². The van der Waals surface area contributed by atoms with E-state index in [2.05, 4.69) is 11.9 Å². The molecule has 1 aromatic carbocycles. The number of allylic oxidation sites excluding steroid dienone is 3. The van der Waals surface area contributed by atoms with E-state index >= 15 is 0 Å². The molecule has 2 nitrogen and oxygen atoms in total. The Balaban J connectivity index is 0.000000336. The number of carbonyl (C=O) groups is 1. The molecule has 0 atom stereocenters. The topological polar surface area (TPSA) is 29.1 Å². The number of benzene rings is 1. The molecule has 80 valence electrons. The maximum absolute atomic E-state index is 10.9. The van der Waals surface area contributed by atoms with Gasteiger partial charge in [-0.1, -0.05) is 43.0 Å².